The summed E-state index contributed by atoms with van der Waals surface area (Å²) in [7, 11) is 1.93. The molecule has 104 valence electrons. The van der Waals surface area contributed by atoms with Crippen LogP contribution in [-0.2, 0) is 20.1 Å². The number of aromatic amines is 1. The number of nitrogens with zero attached hydrogens (tertiary/aromatic N) is 3. The summed E-state index contributed by atoms with van der Waals surface area (Å²) in [4.78, 5) is 0. The lowest BCUT2D eigenvalue weighted by molar-refractivity contribution is 0.580. The van der Waals surface area contributed by atoms with Crippen molar-refractivity contribution in [3.63, 3.8) is 0 Å². The van der Waals surface area contributed by atoms with Crippen LogP contribution >= 0.6 is 0 Å². The summed E-state index contributed by atoms with van der Waals surface area (Å²) in [5, 5.41) is 14.9. The molecule has 20 heavy (non-hydrogen) atoms. The average molecular weight is 271 g/mol. The van der Waals surface area contributed by atoms with Crippen molar-refractivity contribution in [1.29, 1.82) is 0 Å². The molecule has 0 aliphatic carbocycles. The molecule has 0 saturated carbocycles. The molecule has 6 nitrogen and oxygen atoms in total. The minimum atomic E-state index is 0.724. The van der Waals surface area contributed by atoms with Crippen molar-refractivity contribution in [2.75, 3.05) is 0 Å². The second kappa shape index (κ2) is 5.34. The quantitative estimate of drug-likeness (QED) is 0.744. The first-order valence-corrected chi connectivity index (χ1v) is 6.50. The Morgan fingerprint density at radius 3 is 3.00 bits per heavy atom. The van der Waals surface area contributed by atoms with Crippen molar-refractivity contribution >= 4 is 0 Å². The van der Waals surface area contributed by atoms with Crippen LogP contribution in [0.2, 0.25) is 0 Å². The van der Waals surface area contributed by atoms with Gasteiger partial charge in [-0.15, -0.1) is 0 Å². The first-order valence-electron chi connectivity index (χ1n) is 6.50. The van der Waals surface area contributed by atoms with Crippen LogP contribution in [0.1, 0.15) is 17.0 Å². The molecule has 0 unspecified atom stereocenters. The fraction of sp³-hybridized carbons (Fsp3) is 0.286. The summed E-state index contributed by atoms with van der Waals surface area (Å²) in [5.74, 6) is 0.774. The number of aryl methyl sites for hydroxylation is 2. The summed E-state index contributed by atoms with van der Waals surface area (Å²) < 4.78 is 7.14. The van der Waals surface area contributed by atoms with E-state index in [1.807, 2.05) is 43.0 Å². The maximum Gasteiger partial charge on any atom is 0.154 e. The zero-order chi connectivity index (χ0) is 13.9. The Hall–Kier alpha value is -2.34. The van der Waals surface area contributed by atoms with Gasteiger partial charge in [0.25, 0.3) is 0 Å². The van der Waals surface area contributed by atoms with Gasteiger partial charge in [-0.2, -0.15) is 10.2 Å². The number of H-pyrrole nitrogens is 1. The van der Waals surface area contributed by atoms with Crippen LogP contribution in [0.25, 0.3) is 11.5 Å². The van der Waals surface area contributed by atoms with Gasteiger partial charge in [-0.05, 0) is 25.1 Å². The van der Waals surface area contributed by atoms with E-state index in [0.717, 1.165) is 35.9 Å². The first kappa shape index (κ1) is 12.7. The maximum atomic E-state index is 5.31. The van der Waals surface area contributed by atoms with Crippen molar-refractivity contribution in [2.24, 2.45) is 7.05 Å². The molecule has 0 fully saturated rings. The molecule has 0 aromatic carbocycles. The predicted molar refractivity (Wildman–Crippen MR) is 74.8 cm³/mol. The van der Waals surface area contributed by atoms with E-state index >= 15 is 0 Å². The summed E-state index contributed by atoms with van der Waals surface area (Å²) in [6.07, 6.45) is 3.68. The van der Waals surface area contributed by atoms with Crippen LogP contribution in [-0.4, -0.2) is 20.0 Å². The standard InChI is InChI=1S/C14H17N5O/c1-10-11(9-19(2)18-10)7-15-8-12-6-13(17-16-12)14-4-3-5-20-14/h3-6,9,15H,7-8H2,1-2H3,(H,16,17). The van der Waals surface area contributed by atoms with Crippen LogP contribution in [0.15, 0.2) is 35.1 Å². The van der Waals surface area contributed by atoms with Gasteiger partial charge in [-0.25, -0.2) is 0 Å². The number of hydrogen-bond donors (Lipinski definition) is 2. The van der Waals surface area contributed by atoms with Gasteiger partial charge in [0.2, 0.25) is 0 Å². The molecule has 0 radical (unpaired) electrons. The van der Waals surface area contributed by atoms with Crippen LogP contribution in [0, 0.1) is 6.92 Å². The fourth-order valence-electron chi connectivity index (χ4n) is 2.16. The van der Waals surface area contributed by atoms with Crippen LogP contribution in [0.4, 0.5) is 0 Å². The molecule has 0 saturated heterocycles. The van der Waals surface area contributed by atoms with E-state index in [1.165, 1.54) is 5.56 Å². The number of aromatic nitrogens is 4. The van der Waals surface area contributed by atoms with E-state index in [9.17, 15) is 0 Å². The Morgan fingerprint density at radius 1 is 1.40 bits per heavy atom. The molecule has 3 rings (SSSR count). The normalized spacial score (nSPS) is 11.1. The van der Waals surface area contributed by atoms with E-state index in [0.29, 0.717) is 0 Å². The molecule has 0 aliphatic rings. The maximum absolute atomic E-state index is 5.31. The number of furan rings is 1. The highest BCUT2D eigenvalue weighted by Crippen LogP contribution is 2.17. The van der Waals surface area contributed by atoms with Crippen LogP contribution in [0.3, 0.4) is 0 Å². The van der Waals surface area contributed by atoms with Gasteiger partial charge in [0.05, 0.1) is 12.0 Å². The van der Waals surface area contributed by atoms with Crippen molar-refractivity contribution in [2.45, 2.75) is 20.0 Å². The van der Waals surface area contributed by atoms with Gasteiger partial charge < -0.3 is 9.73 Å². The Bertz CT molecular complexity index is 680. The van der Waals surface area contributed by atoms with E-state index in [2.05, 4.69) is 20.6 Å². The summed E-state index contributed by atoms with van der Waals surface area (Å²) in [6.45, 7) is 3.53. The number of rotatable bonds is 5. The lowest BCUT2D eigenvalue weighted by atomic mass is 10.2. The molecule has 0 aliphatic heterocycles. The van der Waals surface area contributed by atoms with Gasteiger partial charge in [0.1, 0.15) is 5.69 Å². The molecule has 3 aromatic rings. The van der Waals surface area contributed by atoms with Gasteiger partial charge in [0.15, 0.2) is 5.76 Å². The van der Waals surface area contributed by atoms with Crippen molar-refractivity contribution in [3.8, 4) is 11.5 Å². The Labute approximate surface area is 116 Å². The third-order valence-electron chi connectivity index (χ3n) is 3.15. The van der Waals surface area contributed by atoms with E-state index in [-0.39, 0.29) is 0 Å². The SMILES string of the molecule is Cc1nn(C)cc1CNCc1cc(-c2ccco2)n[nH]1. The smallest absolute Gasteiger partial charge is 0.154 e. The van der Waals surface area contributed by atoms with Crippen molar-refractivity contribution < 1.29 is 4.42 Å². The molecular formula is C14H17N5O. The minimum absolute atomic E-state index is 0.724. The number of hydrogen-bond acceptors (Lipinski definition) is 4. The van der Waals surface area contributed by atoms with Gasteiger partial charge in [-0.1, -0.05) is 0 Å². The lowest BCUT2D eigenvalue weighted by Crippen LogP contribution is -2.13. The molecule has 0 amide bonds. The molecule has 3 aromatic heterocycles. The van der Waals surface area contributed by atoms with Gasteiger partial charge in [-0.3, -0.25) is 9.78 Å². The topological polar surface area (TPSA) is 71.7 Å². The van der Waals surface area contributed by atoms with E-state index in [1.54, 1.807) is 6.26 Å². The third-order valence-corrected chi connectivity index (χ3v) is 3.15. The second-order valence-electron chi connectivity index (χ2n) is 4.77. The summed E-state index contributed by atoms with van der Waals surface area (Å²) in [5.41, 5.74) is 4.11. The monoisotopic (exact) mass is 271 g/mol. The lowest BCUT2D eigenvalue weighted by Gasteiger charge is -2.01. The van der Waals surface area contributed by atoms with Crippen molar-refractivity contribution in [1.82, 2.24) is 25.3 Å². The molecule has 0 bridgehead atoms. The fourth-order valence-corrected chi connectivity index (χ4v) is 2.16. The highest BCUT2D eigenvalue weighted by molar-refractivity contribution is 5.51. The van der Waals surface area contributed by atoms with E-state index < -0.39 is 0 Å². The summed E-state index contributed by atoms with van der Waals surface area (Å²) >= 11 is 0. The minimum Gasteiger partial charge on any atom is -0.463 e. The van der Waals surface area contributed by atoms with Gasteiger partial charge >= 0.3 is 0 Å². The highest BCUT2D eigenvalue weighted by Gasteiger charge is 2.07. The molecule has 0 atom stereocenters. The van der Waals surface area contributed by atoms with Gasteiger partial charge in [0, 0.05) is 37.6 Å². The molecule has 3 heterocycles. The molecule has 0 spiro atoms. The molecule has 2 N–H and O–H groups in total. The zero-order valence-corrected chi connectivity index (χ0v) is 11.6. The largest absolute Gasteiger partial charge is 0.463 e. The Kier molecular flexibility index (Phi) is 3.39. The Balaban J connectivity index is 1.58. The zero-order valence-electron chi connectivity index (χ0n) is 11.6. The summed E-state index contributed by atoms with van der Waals surface area (Å²) in [6, 6.07) is 5.74. The van der Waals surface area contributed by atoms with Crippen LogP contribution < -0.4 is 5.32 Å². The average Bonchev–Trinajstić information content (AvgIpc) is 3.12. The van der Waals surface area contributed by atoms with Crippen LogP contribution in [0.5, 0.6) is 0 Å². The first-order chi connectivity index (χ1) is 9.72. The molecular weight excluding hydrogens is 254 g/mol. The highest BCUT2D eigenvalue weighted by atomic mass is 16.3. The van der Waals surface area contributed by atoms with Crippen molar-refractivity contribution in [3.05, 3.63) is 47.6 Å². The second-order valence-corrected chi connectivity index (χ2v) is 4.77. The third kappa shape index (κ3) is 2.65. The predicted octanol–water partition coefficient (Wildman–Crippen LogP) is 2.00. The van der Waals surface area contributed by atoms with E-state index in [4.69, 9.17) is 4.42 Å². The molecule has 6 heteroatoms. The number of nitrogens with one attached hydrogen (secondary N) is 2. The Morgan fingerprint density at radius 2 is 2.30 bits per heavy atom.